The molecule has 0 aliphatic carbocycles. The first kappa shape index (κ1) is 18.5. The molecule has 1 N–H and O–H groups in total. The van der Waals surface area contributed by atoms with Gasteiger partial charge in [-0.05, 0) is 50.0 Å². The molecule has 1 saturated heterocycles. The highest BCUT2D eigenvalue weighted by molar-refractivity contribution is 5.94. The minimum atomic E-state index is 0.00155. The van der Waals surface area contributed by atoms with E-state index in [4.69, 9.17) is 0 Å². The van der Waals surface area contributed by atoms with Crippen molar-refractivity contribution >= 4 is 11.8 Å². The van der Waals surface area contributed by atoms with E-state index < -0.39 is 0 Å². The zero-order chi connectivity index (χ0) is 17.5. The molecule has 1 atom stereocenters. The highest BCUT2D eigenvalue weighted by Gasteiger charge is 2.26. The normalized spacial score (nSPS) is 18.2. The number of carbonyl (C=O) groups excluding carboxylic acids is 2. The highest BCUT2D eigenvalue weighted by atomic mass is 16.2. The average molecular weight is 331 g/mol. The van der Waals surface area contributed by atoms with Gasteiger partial charge in [0, 0.05) is 26.2 Å². The molecule has 0 saturated carbocycles. The molecule has 1 aromatic carbocycles. The molecular weight excluding hydrogens is 302 g/mol. The molecule has 1 aliphatic rings. The summed E-state index contributed by atoms with van der Waals surface area (Å²) in [6.45, 7) is 4.65. The van der Waals surface area contributed by atoms with E-state index in [1.54, 1.807) is 19.0 Å². The number of rotatable bonds is 6. The predicted molar refractivity (Wildman–Crippen MR) is 96.1 cm³/mol. The van der Waals surface area contributed by atoms with Crippen LogP contribution in [0.1, 0.15) is 42.1 Å². The summed E-state index contributed by atoms with van der Waals surface area (Å²) in [6.07, 6.45) is 4.00. The Morgan fingerprint density at radius 1 is 1.29 bits per heavy atom. The molecule has 5 heteroatoms. The van der Waals surface area contributed by atoms with Crippen LogP contribution >= 0.6 is 0 Å². The Morgan fingerprint density at radius 2 is 2.08 bits per heavy atom. The number of hydrogen-bond donors (Lipinski definition) is 1. The highest BCUT2D eigenvalue weighted by Crippen LogP contribution is 2.16. The van der Waals surface area contributed by atoms with Crippen LogP contribution in [0.4, 0.5) is 0 Å². The fraction of sp³-hybridized carbons (Fsp3) is 0.579. The van der Waals surface area contributed by atoms with Crippen LogP contribution in [0.25, 0.3) is 0 Å². The number of likely N-dealkylation sites (tertiary alicyclic amines) is 1. The number of benzene rings is 1. The molecule has 0 bridgehead atoms. The summed E-state index contributed by atoms with van der Waals surface area (Å²) in [5, 5.41) is 3.06. The molecule has 1 aliphatic heterocycles. The first-order valence-electron chi connectivity index (χ1n) is 8.85. The van der Waals surface area contributed by atoms with Gasteiger partial charge in [-0.3, -0.25) is 14.5 Å². The number of hydrogen-bond acceptors (Lipinski definition) is 3. The lowest BCUT2D eigenvalue weighted by Crippen LogP contribution is -2.49. The smallest absolute Gasteiger partial charge is 0.253 e. The molecule has 132 valence electrons. The number of nitrogens with zero attached hydrogens (tertiary/aromatic N) is 2. The molecule has 1 fully saturated rings. The third kappa shape index (κ3) is 4.81. The Labute approximate surface area is 145 Å². The molecule has 0 radical (unpaired) electrons. The van der Waals surface area contributed by atoms with Crippen LogP contribution in [-0.4, -0.2) is 61.4 Å². The second-order valence-corrected chi connectivity index (χ2v) is 6.58. The topological polar surface area (TPSA) is 52.7 Å². The van der Waals surface area contributed by atoms with E-state index in [9.17, 15) is 9.59 Å². The van der Waals surface area contributed by atoms with Crippen LogP contribution in [0.15, 0.2) is 24.3 Å². The van der Waals surface area contributed by atoms with Gasteiger partial charge in [-0.15, -0.1) is 0 Å². The van der Waals surface area contributed by atoms with Gasteiger partial charge in [0.05, 0.1) is 6.04 Å². The van der Waals surface area contributed by atoms with Gasteiger partial charge in [-0.2, -0.15) is 0 Å². The van der Waals surface area contributed by atoms with Crippen LogP contribution in [0.5, 0.6) is 0 Å². The molecule has 0 unspecified atom stereocenters. The van der Waals surface area contributed by atoms with E-state index in [2.05, 4.69) is 17.1 Å². The summed E-state index contributed by atoms with van der Waals surface area (Å²) in [7, 11) is 3.50. The monoisotopic (exact) mass is 331 g/mol. The molecule has 24 heavy (non-hydrogen) atoms. The van der Waals surface area contributed by atoms with Crippen molar-refractivity contribution in [3.8, 4) is 0 Å². The van der Waals surface area contributed by atoms with Crippen molar-refractivity contribution in [1.82, 2.24) is 15.1 Å². The maximum Gasteiger partial charge on any atom is 0.253 e. The quantitative estimate of drug-likeness (QED) is 0.866. The van der Waals surface area contributed by atoms with Crippen LogP contribution < -0.4 is 5.32 Å². The Hall–Kier alpha value is -1.88. The van der Waals surface area contributed by atoms with Crippen molar-refractivity contribution in [1.29, 1.82) is 0 Å². The second-order valence-electron chi connectivity index (χ2n) is 6.58. The fourth-order valence-electron chi connectivity index (χ4n) is 3.23. The Balaban J connectivity index is 1.86. The largest absolute Gasteiger partial charge is 0.354 e. The number of nitrogens with one attached hydrogen (secondary N) is 1. The SMILES string of the molecule is CCN1CCCC[C@H]1C(=O)NCCc1cccc(C(=O)N(C)C)c1. The third-order valence-corrected chi connectivity index (χ3v) is 4.62. The van der Waals surface area contributed by atoms with E-state index >= 15 is 0 Å². The van der Waals surface area contributed by atoms with Gasteiger partial charge in [-0.25, -0.2) is 0 Å². The number of likely N-dealkylation sites (N-methyl/N-ethyl adjacent to an activating group) is 1. The summed E-state index contributed by atoms with van der Waals surface area (Å²) in [4.78, 5) is 28.2. The molecule has 1 aromatic rings. The molecular formula is C19H29N3O2. The average Bonchev–Trinajstić information content (AvgIpc) is 2.61. The van der Waals surface area contributed by atoms with Crippen LogP contribution in [0.3, 0.4) is 0 Å². The molecule has 5 nitrogen and oxygen atoms in total. The lowest BCUT2D eigenvalue weighted by Gasteiger charge is -2.33. The standard InChI is InChI=1S/C19H29N3O2/c1-4-22-13-6-5-10-17(22)18(23)20-12-11-15-8-7-9-16(14-15)19(24)21(2)3/h7-9,14,17H,4-6,10-13H2,1-3H3,(H,20,23)/t17-/m0/s1. The van der Waals surface area contributed by atoms with Crippen molar-refractivity contribution in [3.05, 3.63) is 35.4 Å². The first-order chi connectivity index (χ1) is 11.5. The summed E-state index contributed by atoms with van der Waals surface area (Å²) >= 11 is 0. The molecule has 2 rings (SSSR count). The molecule has 0 aromatic heterocycles. The summed E-state index contributed by atoms with van der Waals surface area (Å²) in [5.41, 5.74) is 1.76. The molecule has 0 spiro atoms. The summed E-state index contributed by atoms with van der Waals surface area (Å²) in [5.74, 6) is 0.138. The number of carbonyl (C=O) groups is 2. The lowest BCUT2D eigenvalue weighted by atomic mass is 10.0. The predicted octanol–water partition coefficient (Wildman–Crippen LogP) is 1.92. The van der Waals surface area contributed by atoms with E-state index in [0.29, 0.717) is 12.1 Å². The first-order valence-corrected chi connectivity index (χ1v) is 8.85. The molecule has 2 amide bonds. The summed E-state index contributed by atoms with van der Waals surface area (Å²) < 4.78 is 0. The van der Waals surface area contributed by atoms with Gasteiger partial charge in [0.25, 0.3) is 5.91 Å². The zero-order valence-electron chi connectivity index (χ0n) is 15.0. The fourth-order valence-corrected chi connectivity index (χ4v) is 3.23. The van der Waals surface area contributed by atoms with E-state index in [-0.39, 0.29) is 17.9 Å². The second kappa shape index (κ2) is 8.83. The van der Waals surface area contributed by atoms with Crippen LogP contribution in [0.2, 0.25) is 0 Å². The Bertz CT molecular complexity index is 571. The minimum absolute atomic E-state index is 0.00155. The van der Waals surface area contributed by atoms with Crippen molar-refractivity contribution in [3.63, 3.8) is 0 Å². The maximum absolute atomic E-state index is 12.4. The van der Waals surface area contributed by atoms with E-state index in [1.165, 1.54) is 6.42 Å². The van der Waals surface area contributed by atoms with Gasteiger partial charge in [0.15, 0.2) is 0 Å². The van der Waals surface area contributed by atoms with Crippen molar-refractivity contribution < 1.29 is 9.59 Å². The van der Waals surface area contributed by atoms with Crippen molar-refractivity contribution in [2.75, 3.05) is 33.7 Å². The van der Waals surface area contributed by atoms with Crippen molar-refractivity contribution in [2.45, 2.75) is 38.6 Å². The van der Waals surface area contributed by atoms with Gasteiger partial charge >= 0.3 is 0 Å². The Morgan fingerprint density at radius 3 is 2.79 bits per heavy atom. The zero-order valence-corrected chi connectivity index (χ0v) is 15.0. The lowest BCUT2D eigenvalue weighted by molar-refractivity contribution is -0.127. The van der Waals surface area contributed by atoms with E-state index in [0.717, 1.165) is 37.9 Å². The maximum atomic E-state index is 12.4. The van der Waals surface area contributed by atoms with Crippen LogP contribution in [0, 0.1) is 0 Å². The number of amides is 2. The minimum Gasteiger partial charge on any atom is -0.354 e. The van der Waals surface area contributed by atoms with Crippen LogP contribution in [-0.2, 0) is 11.2 Å². The van der Waals surface area contributed by atoms with Gasteiger partial charge in [-0.1, -0.05) is 25.5 Å². The van der Waals surface area contributed by atoms with Gasteiger partial charge in [0.2, 0.25) is 5.91 Å². The molecule has 1 heterocycles. The third-order valence-electron chi connectivity index (χ3n) is 4.62. The van der Waals surface area contributed by atoms with Gasteiger partial charge in [0.1, 0.15) is 0 Å². The Kier molecular flexibility index (Phi) is 6.79. The summed E-state index contributed by atoms with van der Waals surface area (Å²) in [6, 6.07) is 7.65. The van der Waals surface area contributed by atoms with Crippen molar-refractivity contribution in [2.24, 2.45) is 0 Å². The van der Waals surface area contributed by atoms with Gasteiger partial charge < -0.3 is 10.2 Å². The van der Waals surface area contributed by atoms with E-state index in [1.807, 2.05) is 24.3 Å². The number of piperidine rings is 1.